The minimum absolute atomic E-state index is 0.0334. The summed E-state index contributed by atoms with van der Waals surface area (Å²) >= 11 is 0. The molecular formula is C26H28N4O5. The Balaban J connectivity index is 1.26. The van der Waals surface area contributed by atoms with Crippen LogP contribution < -0.4 is 14.8 Å². The summed E-state index contributed by atoms with van der Waals surface area (Å²) in [7, 11) is 3.17. The smallest absolute Gasteiger partial charge is 0.324 e. The van der Waals surface area contributed by atoms with Gasteiger partial charge in [0.2, 0.25) is 17.6 Å². The van der Waals surface area contributed by atoms with E-state index < -0.39 is 0 Å². The van der Waals surface area contributed by atoms with Gasteiger partial charge in [0.25, 0.3) is 0 Å². The molecule has 2 heterocycles. The van der Waals surface area contributed by atoms with Gasteiger partial charge in [-0.3, -0.25) is 9.69 Å². The molecule has 3 amide bonds. The highest BCUT2D eigenvalue weighted by atomic mass is 16.5. The third-order valence-corrected chi connectivity index (χ3v) is 6.86. The molecule has 0 bridgehead atoms. The van der Waals surface area contributed by atoms with Crippen LogP contribution in [0.5, 0.6) is 11.5 Å². The summed E-state index contributed by atoms with van der Waals surface area (Å²) < 4.78 is 16.3. The van der Waals surface area contributed by atoms with Crippen LogP contribution in [0.25, 0.3) is 11.4 Å². The Kier molecular flexibility index (Phi) is 6.39. The molecule has 1 saturated heterocycles. The molecule has 0 spiro atoms. The molecule has 9 heteroatoms. The fraction of sp³-hybridized carbons (Fsp3) is 0.385. The molecule has 2 fully saturated rings. The lowest BCUT2D eigenvalue weighted by molar-refractivity contribution is -0.136. The standard InChI is InChI=1S/C26H28N4O5/c1-33-19-12-18(13-20(15-19)34-2)23-28-24(35-29-23)17-8-9-21-22(14-17)27-26(32)30(25(21)31)11-10-16-6-4-3-5-7-16/h3-7,12-13,15,17,21-22H,8-11,14H2,1-2H3,(H,27,32). The van der Waals surface area contributed by atoms with E-state index in [0.717, 1.165) is 17.5 Å². The summed E-state index contributed by atoms with van der Waals surface area (Å²) in [6, 6.07) is 14.7. The van der Waals surface area contributed by atoms with Gasteiger partial charge in [-0.05, 0) is 43.4 Å². The van der Waals surface area contributed by atoms with Crippen LogP contribution in [-0.2, 0) is 11.2 Å². The minimum Gasteiger partial charge on any atom is -0.497 e. The Morgan fingerprint density at radius 1 is 1.06 bits per heavy atom. The molecule has 3 aromatic rings. The summed E-state index contributed by atoms with van der Waals surface area (Å²) in [5.74, 6) is 1.85. The van der Waals surface area contributed by atoms with Crippen molar-refractivity contribution in [1.82, 2.24) is 20.4 Å². The zero-order valence-electron chi connectivity index (χ0n) is 19.8. The fourth-order valence-corrected chi connectivity index (χ4v) is 4.94. The van der Waals surface area contributed by atoms with E-state index in [2.05, 4.69) is 15.5 Å². The van der Waals surface area contributed by atoms with Crippen molar-refractivity contribution in [3.05, 3.63) is 60.0 Å². The van der Waals surface area contributed by atoms with Crippen molar-refractivity contribution in [1.29, 1.82) is 0 Å². The van der Waals surface area contributed by atoms with E-state index in [0.29, 0.717) is 49.0 Å². The van der Waals surface area contributed by atoms with Crippen molar-refractivity contribution < 1.29 is 23.6 Å². The number of imide groups is 1. The van der Waals surface area contributed by atoms with Gasteiger partial charge < -0.3 is 19.3 Å². The molecule has 182 valence electrons. The summed E-state index contributed by atoms with van der Waals surface area (Å²) in [5, 5.41) is 7.20. The van der Waals surface area contributed by atoms with Gasteiger partial charge in [-0.25, -0.2) is 4.79 Å². The second-order valence-corrected chi connectivity index (χ2v) is 8.96. The van der Waals surface area contributed by atoms with Gasteiger partial charge in [0, 0.05) is 30.1 Å². The van der Waals surface area contributed by atoms with E-state index in [1.54, 1.807) is 20.3 Å². The highest BCUT2D eigenvalue weighted by molar-refractivity contribution is 5.98. The van der Waals surface area contributed by atoms with Gasteiger partial charge in [-0.15, -0.1) is 0 Å². The van der Waals surface area contributed by atoms with Crippen molar-refractivity contribution >= 4 is 11.9 Å². The van der Waals surface area contributed by atoms with E-state index in [-0.39, 0.29) is 29.8 Å². The number of nitrogens with zero attached hydrogens (tertiary/aromatic N) is 3. The first-order valence-corrected chi connectivity index (χ1v) is 11.8. The van der Waals surface area contributed by atoms with Crippen LogP contribution in [0.3, 0.4) is 0 Å². The van der Waals surface area contributed by atoms with Crippen molar-refractivity contribution in [3.63, 3.8) is 0 Å². The maximum absolute atomic E-state index is 13.1. The second-order valence-electron chi connectivity index (χ2n) is 8.96. The van der Waals surface area contributed by atoms with E-state index in [4.69, 9.17) is 14.0 Å². The van der Waals surface area contributed by atoms with Crippen molar-refractivity contribution in [2.45, 2.75) is 37.6 Å². The first-order chi connectivity index (χ1) is 17.1. The number of hydrogen-bond donors (Lipinski definition) is 1. The van der Waals surface area contributed by atoms with E-state index in [1.807, 2.05) is 42.5 Å². The van der Waals surface area contributed by atoms with Gasteiger partial charge in [0.05, 0.1) is 20.1 Å². The number of urea groups is 1. The Morgan fingerprint density at radius 3 is 2.51 bits per heavy atom. The molecule has 3 unspecified atom stereocenters. The van der Waals surface area contributed by atoms with Crippen LogP contribution in [0.2, 0.25) is 0 Å². The topological polar surface area (TPSA) is 107 Å². The molecule has 1 aliphatic carbocycles. The second kappa shape index (κ2) is 9.77. The van der Waals surface area contributed by atoms with Gasteiger partial charge in [-0.1, -0.05) is 35.5 Å². The van der Waals surface area contributed by atoms with Gasteiger partial charge in [0.1, 0.15) is 11.5 Å². The van der Waals surface area contributed by atoms with Gasteiger partial charge in [0.15, 0.2) is 0 Å². The average Bonchev–Trinajstić information content (AvgIpc) is 3.39. The molecule has 3 atom stereocenters. The zero-order chi connectivity index (χ0) is 24.4. The Hall–Kier alpha value is -3.88. The number of hydrogen-bond acceptors (Lipinski definition) is 7. The molecule has 35 heavy (non-hydrogen) atoms. The molecule has 1 N–H and O–H groups in total. The fourth-order valence-electron chi connectivity index (χ4n) is 4.94. The number of rotatable bonds is 7. The summed E-state index contributed by atoms with van der Waals surface area (Å²) in [4.78, 5) is 31.9. The summed E-state index contributed by atoms with van der Waals surface area (Å²) in [6.07, 6.45) is 2.61. The highest BCUT2D eigenvalue weighted by Gasteiger charge is 2.45. The largest absolute Gasteiger partial charge is 0.497 e. The van der Waals surface area contributed by atoms with Crippen LogP contribution in [0, 0.1) is 5.92 Å². The third kappa shape index (κ3) is 4.71. The SMILES string of the molecule is COc1cc(OC)cc(-c2noc(C3CCC4C(=O)N(CCc5ccccc5)C(=O)NC4C3)n2)c1. The van der Waals surface area contributed by atoms with Crippen LogP contribution in [0.1, 0.15) is 36.6 Å². The minimum atomic E-state index is -0.331. The van der Waals surface area contributed by atoms with E-state index >= 15 is 0 Å². The Labute approximate surface area is 203 Å². The van der Waals surface area contributed by atoms with E-state index in [9.17, 15) is 9.59 Å². The number of benzene rings is 2. The Bertz CT molecular complexity index is 1190. The predicted octanol–water partition coefficient (Wildman–Crippen LogP) is 3.80. The predicted molar refractivity (Wildman–Crippen MR) is 127 cm³/mol. The van der Waals surface area contributed by atoms with E-state index in [1.165, 1.54) is 4.90 Å². The number of carbonyl (C=O) groups excluding carboxylic acids is 2. The normalized spacial score (nSPS) is 21.9. The molecule has 9 nitrogen and oxygen atoms in total. The number of fused-ring (bicyclic) bond motifs is 1. The highest BCUT2D eigenvalue weighted by Crippen LogP contribution is 2.38. The quantitative estimate of drug-likeness (QED) is 0.553. The van der Waals surface area contributed by atoms with Gasteiger partial charge >= 0.3 is 6.03 Å². The van der Waals surface area contributed by atoms with Crippen LogP contribution in [-0.4, -0.2) is 53.8 Å². The van der Waals surface area contributed by atoms with Crippen molar-refractivity contribution in [3.8, 4) is 22.9 Å². The van der Waals surface area contributed by atoms with Crippen LogP contribution in [0.4, 0.5) is 4.79 Å². The number of amides is 3. The van der Waals surface area contributed by atoms with Gasteiger partial charge in [-0.2, -0.15) is 4.98 Å². The first kappa shape index (κ1) is 22.9. The zero-order valence-corrected chi connectivity index (χ0v) is 19.8. The third-order valence-electron chi connectivity index (χ3n) is 6.86. The average molecular weight is 477 g/mol. The molecule has 2 aromatic carbocycles. The lowest BCUT2D eigenvalue weighted by Crippen LogP contribution is -2.61. The molecule has 5 rings (SSSR count). The van der Waals surface area contributed by atoms with Crippen LogP contribution >= 0.6 is 0 Å². The van der Waals surface area contributed by atoms with Crippen molar-refractivity contribution in [2.75, 3.05) is 20.8 Å². The maximum atomic E-state index is 13.1. The van der Waals surface area contributed by atoms with Crippen LogP contribution in [0.15, 0.2) is 53.1 Å². The number of carbonyl (C=O) groups is 2. The maximum Gasteiger partial charge on any atom is 0.324 e. The molecule has 0 radical (unpaired) electrons. The number of methoxy groups -OCH3 is 2. The lowest BCUT2D eigenvalue weighted by Gasteiger charge is -2.41. The molecule has 1 aromatic heterocycles. The molecule has 2 aliphatic rings. The lowest BCUT2D eigenvalue weighted by atomic mass is 9.76. The first-order valence-electron chi connectivity index (χ1n) is 11.8. The number of nitrogens with one attached hydrogen (secondary N) is 1. The summed E-state index contributed by atoms with van der Waals surface area (Å²) in [6.45, 7) is 0.373. The number of aromatic nitrogens is 2. The Morgan fingerprint density at radius 2 is 1.80 bits per heavy atom. The molecule has 1 saturated carbocycles. The summed E-state index contributed by atoms with van der Waals surface area (Å²) in [5.41, 5.74) is 1.82. The monoisotopic (exact) mass is 476 g/mol. The van der Waals surface area contributed by atoms with Crippen molar-refractivity contribution in [2.24, 2.45) is 5.92 Å². The molecule has 1 aliphatic heterocycles. The number of ether oxygens (including phenoxy) is 2. The molecular weight excluding hydrogens is 448 g/mol.